The van der Waals surface area contributed by atoms with E-state index in [1.165, 1.54) is 4.68 Å². The van der Waals surface area contributed by atoms with Crippen molar-refractivity contribution in [1.29, 1.82) is 0 Å². The highest BCUT2D eigenvalue weighted by Crippen LogP contribution is 2.31. The fourth-order valence-electron chi connectivity index (χ4n) is 3.17. The number of furan rings is 1. The van der Waals surface area contributed by atoms with Gasteiger partial charge in [0.05, 0.1) is 36.7 Å². The molecule has 8 nitrogen and oxygen atoms in total. The summed E-state index contributed by atoms with van der Waals surface area (Å²) in [6.07, 6.45) is 1.79. The highest BCUT2D eigenvalue weighted by atomic mass is 35.5. The molecule has 3 heterocycles. The lowest BCUT2D eigenvalue weighted by Crippen LogP contribution is -2.35. The molecule has 0 unspecified atom stereocenters. The predicted molar refractivity (Wildman–Crippen MR) is 112 cm³/mol. The zero-order valence-corrected chi connectivity index (χ0v) is 17.7. The first-order chi connectivity index (χ1) is 14.6. The summed E-state index contributed by atoms with van der Waals surface area (Å²) >= 11 is 12.1. The average Bonchev–Trinajstić information content (AvgIpc) is 3.37. The zero-order chi connectivity index (χ0) is 20.9. The molecule has 1 aliphatic heterocycles. The Hall–Kier alpha value is -2.39. The van der Waals surface area contributed by atoms with Crippen LogP contribution in [0, 0.1) is 0 Å². The molecule has 2 aromatic heterocycles. The van der Waals surface area contributed by atoms with Crippen LogP contribution in [0.1, 0.15) is 11.5 Å². The summed E-state index contributed by atoms with van der Waals surface area (Å²) in [4.78, 5) is 14.5. The number of aromatic nitrogens is 3. The van der Waals surface area contributed by atoms with E-state index in [4.69, 9.17) is 32.4 Å². The number of rotatable bonds is 7. The second-order valence-electron chi connectivity index (χ2n) is 6.96. The van der Waals surface area contributed by atoms with E-state index in [1.54, 1.807) is 30.5 Å². The lowest BCUT2D eigenvalue weighted by atomic mass is 10.2. The minimum Gasteiger partial charge on any atom is -0.459 e. The molecule has 0 aliphatic carbocycles. The minimum atomic E-state index is -0.180. The minimum absolute atomic E-state index is 0.0900. The van der Waals surface area contributed by atoms with E-state index < -0.39 is 0 Å². The smallest absolute Gasteiger partial charge is 0.242 e. The molecule has 0 radical (unpaired) electrons. The summed E-state index contributed by atoms with van der Waals surface area (Å²) < 4.78 is 12.7. The van der Waals surface area contributed by atoms with Gasteiger partial charge in [-0.25, -0.2) is 4.68 Å². The molecular weight excluding hydrogens is 429 g/mol. The van der Waals surface area contributed by atoms with Gasteiger partial charge in [-0.15, -0.1) is 5.10 Å². The van der Waals surface area contributed by atoms with Crippen molar-refractivity contribution in [1.82, 2.24) is 25.2 Å². The Morgan fingerprint density at radius 3 is 2.80 bits per heavy atom. The summed E-state index contributed by atoms with van der Waals surface area (Å²) in [6, 6.07) is 8.82. The fraction of sp³-hybridized carbons (Fsp3) is 0.350. The molecule has 4 rings (SSSR count). The number of halogens is 2. The maximum absolute atomic E-state index is 12.2. The first kappa shape index (κ1) is 20.9. The van der Waals surface area contributed by atoms with Gasteiger partial charge < -0.3 is 14.5 Å². The Morgan fingerprint density at radius 2 is 2.00 bits per heavy atom. The van der Waals surface area contributed by atoms with Gasteiger partial charge in [-0.2, -0.15) is 0 Å². The Kier molecular flexibility index (Phi) is 6.69. The lowest BCUT2D eigenvalue weighted by Gasteiger charge is -2.25. The maximum Gasteiger partial charge on any atom is 0.242 e. The van der Waals surface area contributed by atoms with E-state index in [2.05, 4.69) is 20.5 Å². The second-order valence-corrected chi connectivity index (χ2v) is 7.81. The molecule has 10 heteroatoms. The molecule has 1 amide bonds. The number of hydrogen-bond acceptors (Lipinski definition) is 6. The van der Waals surface area contributed by atoms with Crippen LogP contribution in [0.15, 0.2) is 40.9 Å². The SMILES string of the molecule is O=C(Cn1cc(CN2CCOCC2)nn1)NCc1ccc(-c2ccc(Cl)cc2Cl)o1. The molecule has 3 aromatic rings. The summed E-state index contributed by atoms with van der Waals surface area (Å²) in [5, 5.41) is 12.1. The number of ether oxygens (including phenoxy) is 1. The van der Waals surface area contributed by atoms with Crippen LogP contribution in [0.4, 0.5) is 0 Å². The van der Waals surface area contributed by atoms with Gasteiger partial charge in [-0.1, -0.05) is 28.4 Å². The Morgan fingerprint density at radius 1 is 1.17 bits per heavy atom. The van der Waals surface area contributed by atoms with Gasteiger partial charge in [0.2, 0.25) is 5.91 Å². The number of morpholine rings is 1. The molecule has 0 atom stereocenters. The van der Waals surface area contributed by atoms with Gasteiger partial charge in [-0.05, 0) is 30.3 Å². The standard InChI is InChI=1S/C20H21Cl2N5O3/c21-14-1-3-17(18(22)9-14)19-4-2-16(30-19)10-23-20(28)13-27-12-15(24-25-27)11-26-5-7-29-8-6-26/h1-4,9,12H,5-8,10-11,13H2,(H,23,28). The molecule has 158 valence electrons. The van der Waals surface area contributed by atoms with Gasteiger partial charge in [0.1, 0.15) is 18.1 Å². The summed E-state index contributed by atoms with van der Waals surface area (Å²) in [7, 11) is 0. The first-order valence-corrected chi connectivity index (χ1v) is 10.3. The van der Waals surface area contributed by atoms with Crippen LogP contribution in [-0.4, -0.2) is 52.1 Å². The number of carbonyl (C=O) groups excluding carboxylic acids is 1. The predicted octanol–water partition coefficient (Wildman–Crippen LogP) is 2.99. The van der Waals surface area contributed by atoms with Crippen LogP contribution < -0.4 is 5.32 Å². The molecular formula is C20H21Cl2N5O3. The summed E-state index contributed by atoms with van der Waals surface area (Å²) in [5.74, 6) is 1.06. The molecule has 0 spiro atoms. The lowest BCUT2D eigenvalue weighted by molar-refractivity contribution is -0.122. The Labute approximate surface area is 183 Å². The van der Waals surface area contributed by atoms with Crippen molar-refractivity contribution in [3.05, 3.63) is 58.0 Å². The third-order valence-corrected chi connectivity index (χ3v) is 5.25. The highest BCUT2D eigenvalue weighted by molar-refractivity contribution is 6.36. The number of amides is 1. The van der Waals surface area contributed by atoms with Crippen molar-refractivity contribution in [2.24, 2.45) is 0 Å². The first-order valence-electron chi connectivity index (χ1n) is 9.57. The number of hydrogen-bond donors (Lipinski definition) is 1. The fourth-order valence-corrected chi connectivity index (χ4v) is 3.67. The topological polar surface area (TPSA) is 85.4 Å². The molecule has 1 aliphatic rings. The largest absolute Gasteiger partial charge is 0.459 e. The van der Waals surface area contributed by atoms with E-state index in [1.807, 2.05) is 6.07 Å². The van der Waals surface area contributed by atoms with E-state index in [9.17, 15) is 4.79 Å². The number of nitrogens with one attached hydrogen (secondary N) is 1. The van der Waals surface area contributed by atoms with E-state index in [-0.39, 0.29) is 19.0 Å². The van der Waals surface area contributed by atoms with Crippen molar-refractivity contribution in [2.45, 2.75) is 19.6 Å². The molecule has 0 saturated carbocycles. The van der Waals surface area contributed by atoms with Crippen molar-refractivity contribution in [2.75, 3.05) is 26.3 Å². The van der Waals surface area contributed by atoms with Gasteiger partial charge >= 0.3 is 0 Å². The van der Waals surface area contributed by atoms with E-state index in [0.29, 0.717) is 28.1 Å². The highest BCUT2D eigenvalue weighted by Gasteiger charge is 2.14. The van der Waals surface area contributed by atoms with Crippen LogP contribution in [0.3, 0.4) is 0 Å². The monoisotopic (exact) mass is 449 g/mol. The number of nitrogens with zero attached hydrogens (tertiary/aromatic N) is 4. The second kappa shape index (κ2) is 9.61. The van der Waals surface area contributed by atoms with Crippen LogP contribution in [-0.2, 0) is 29.2 Å². The van der Waals surface area contributed by atoms with Gasteiger partial charge in [0.25, 0.3) is 0 Å². The van der Waals surface area contributed by atoms with Crippen LogP contribution in [0.2, 0.25) is 10.0 Å². The van der Waals surface area contributed by atoms with Gasteiger partial charge in [0.15, 0.2) is 0 Å². The molecule has 1 N–H and O–H groups in total. The van der Waals surface area contributed by atoms with Crippen LogP contribution in [0.25, 0.3) is 11.3 Å². The third-order valence-electron chi connectivity index (χ3n) is 4.70. The Balaban J connectivity index is 1.27. The van der Waals surface area contributed by atoms with Crippen LogP contribution >= 0.6 is 23.2 Å². The van der Waals surface area contributed by atoms with Crippen molar-refractivity contribution >= 4 is 29.1 Å². The molecule has 1 fully saturated rings. The van der Waals surface area contributed by atoms with Crippen molar-refractivity contribution in [3.63, 3.8) is 0 Å². The van der Waals surface area contributed by atoms with Crippen molar-refractivity contribution < 1.29 is 13.9 Å². The molecule has 1 aromatic carbocycles. The van der Waals surface area contributed by atoms with Gasteiger partial charge in [-0.3, -0.25) is 9.69 Å². The van der Waals surface area contributed by atoms with E-state index >= 15 is 0 Å². The van der Waals surface area contributed by atoms with Crippen LogP contribution in [0.5, 0.6) is 0 Å². The quantitative estimate of drug-likeness (QED) is 0.596. The molecule has 30 heavy (non-hydrogen) atoms. The average molecular weight is 450 g/mol. The summed E-state index contributed by atoms with van der Waals surface area (Å²) in [6.45, 7) is 4.27. The third kappa shape index (κ3) is 5.40. The summed E-state index contributed by atoms with van der Waals surface area (Å²) in [5.41, 5.74) is 1.58. The molecule has 1 saturated heterocycles. The molecule has 0 bridgehead atoms. The van der Waals surface area contributed by atoms with Crippen molar-refractivity contribution in [3.8, 4) is 11.3 Å². The maximum atomic E-state index is 12.2. The number of carbonyl (C=O) groups is 1. The zero-order valence-electron chi connectivity index (χ0n) is 16.2. The number of benzene rings is 1. The Bertz CT molecular complexity index is 1010. The van der Waals surface area contributed by atoms with Gasteiger partial charge in [0, 0.05) is 30.2 Å². The normalized spacial score (nSPS) is 14.7. The van der Waals surface area contributed by atoms with E-state index in [0.717, 1.165) is 37.6 Å².